The summed E-state index contributed by atoms with van der Waals surface area (Å²) in [6.45, 7) is 3.69. The first-order valence-electron chi connectivity index (χ1n) is 3.87. The highest BCUT2D eigenvalue weighted by atomic mass is 35.5. The molecule has 0 aromatic heterocycles. The molecule has 1 aromatic rings. The predicted octanol–water partition coefficient (Wildman–Crippen LogP) is -1.83. The molecule has 2 nitrogen and oxygen atoms in total. The van der Waals surface area contributed by atoms with Crippen LogP contribution in [0.25, 0.3) is 0 Å². The fraction of sp³-hybridized carbons (Fsp3) is 0.200. The second-order valence-corrected chi connectivity index (χ2v) is 2.62. The summed E-state index contributed by atoms with van der Waals surface area (Å²) < 4.78 is 5.09. The van der Waals surface area contributed by atoms with Gasteiger partial charge in [0, 0.05) is 5.56 Å². The smallest absolute Gasteiger partial charge is 0.129 e. The molecule has 0 heterocycles. The number of halogens is 1. The van der Waals surface area contributed by atoms with Gasteiger partial charge < -0.3 is 22.9 Å². The van der Waals surface area contributed by atoms with E-state index in [4.69, 9.17) is 4.74 Å². The molecule has 0 saturated heterocycles. The van der Waals surface area contributed by atoms with Gasteiger partial charge in [0.25, 0.3) is 0 Å². The highest BCUT2D eigenvalue weighted by Gasteiger charge is 2.04. The van der Waals surface area contributed by atoms with Crippen LogP contribution in [-0.4, -0.2) is 7.11 Å². The lowest BCUT2D eigenvalue weighted by atomic mass is 10.1. The quantitative estimate of drug-likeness (QED) is 0.572. The van der Waals surface area contributed by atoms with Crippen molar-refractivity contribution in [2.45, 2.75) is 6.04 Å². The Labute approximate surface area is 84.8 Å². The zero-order valence-electron chi connectivity index (χ0n) is 7.66. The lowest BCUT2D eigenvalue weighted by Gasteiger charge is -2.05. The molecule has 1 aromatic carbocycles. The standard InChI is InChI=1S/C10H13NO.ClH/c1-3-10(11)8-5-4-6-9(7-8)12-2;/h3-7,10H,1,11H2,2H3;1H/t10-;/m0./s1. The van der Waals surface area contributed by atoms with E-state index in [-0.39, 0.29) is 18.4 Å². The van der Waals surface area contributed by atoms with Crippen molar-refractivity contribution < 1.29 is 22.9 Å². The summed E-state index contributed by atoms with van der Waals surface area (Å²) in [4.78, 5) is 0. The van der Waals surface area contributed by atoms with Gasteiger partial charge in [0.05, 0.1) is 7.11 Å². The van der Waals surface area contributed by atoms with Gasteiger partial charge in [-0.1, -0.05) is 18.7 Å². The maximum Gasteiger partial charge on any atom is 0.129 e. The molecular formula is C10H14ClNO. The molecule has 0 unspecified atom stereocenters. The summed E-state index contributed by atoms with van der Waals surface area (Å²) >= 11 is 0. The molecule has 0 aliphatic heterocycles. The van der Waals surface area contributed by atoms with Crippen molar-refractivity contribution in [1.29, 1.82) is 0 Å². The highest BCUT2D eigenvalue weighted by Crippen LogP contribution is 2.16. The Hall–Kier alpha value is -0.990. The topological polar surface area (TPSA) is 36.9 Å². The Kier molecular flexibility index (Phi) is 5.19. The van der Waals surface area contributed by atoms with Crippen LogP contribution in [0.5, 0.6) is 5.75 Å². The molecule has 0 aliphatic rings. The Morgan fingerprint density at radius 2 is 2.23 bits per heavy atom. The van der Waals surface area contributed by atoms with E-state index in [0.717, 1.165) is 11.3 Å². The highest BCUT2D eigenvalue weighted by molar-refractivity contribution is 5.30. The van der Waals surface area contributed by atoms with Gasteiger partial charge >= 0.3 is 0 Å². The van der Waals surface area contributed by atoms with E-state index < -0.39 is 0 Å². The van der Waals surface area contributed by atoms with Crippen LogP contribution in [0.15, 0.2) is 36.9 Å². The molecular weight excluding hydrogens is 186 g/mol. The Morgan fingerprint density at radius 1 is 1.54 bits per heavy atom. The van der Waals surface area contributed by atoms with Crippen molar-refractivity contribution in [1.82, 2.24) is 0 Å². The SMILES string of the molecule is C=C[C@H]([NH3+])c1cccc(OC)c1.[Cl-]. The summed E-state index contributed by atoms with van der Waals surface area (Å²) in [6, 6.07) is 8.00. The first-order valence-corrected chi connectivity index (χ1v) is 3.87. The van der Waals surface area contributed by atoms with Crippen molar-refractivity contribution >= 4 is 0 Å². The monoisotopic (exact) mass is 199 g/mol. The molecule has 1 rings (SSSR count). The Bertz CT molecular complexity index is 275. The number of hydrogen-bond donors (Lipinski definition) is 1. The first-order chi connectivity index (χ1) is 5.77. The number of benzene rings is 1. The fourth-order valence-corrected chi connectivity index (χ4v) is 1.01. The molecule has 72 valence electrons. The van der Waals surface area contributed by atoms with E-state index in [0.29, 0.717) is 0 Å². The number of rotatable bonds is 3. The van der Waals surface area contributed by atoms with E-state index in [1.54, 1.807) is 7.11 Å². The molecule has 0 amide bonds. The normalized spacial score (nSPS) is 11.2. The predicted molar refractivity (Wildman–Crippen MR) is 48.8 cm³/mol. The summed E-state index contributed by atoms with van der Waals surface area (Å²) in [5.41, 5.74) is 5.06. The zero-order valence-corrected chi connectivity index (χ0v) is 8.42. The summed E-state index contributed by atoms with van der Waals surface area (Å²) in [5, 5.41) is 0. The van der Waals surface area contributed by atoms with Gasteiger partial charge in [0.15, 0.2) is 0 Å². The van der Waals surface area contributed by atoms with Crippen molar-refractivity contribution in [3.63, 3.8) is 0 Å². The third kappa shape index (κ3) is 3.09. The second kappa shape index (κ2) is 5.62. The Morgan fingerprint density at radius 3 is 2.77 bits per heavy atom. The summed E-state index contributed by atoms with van der Waals surface area (Å²) in [7, 11) is 1.66. The van der Waals surface area contributed by atoms with Gasteiger partial charge in [-0.3, -0.25) is 0 Å². The third-order valence-corrected chi connectivity index (χ3v) is 1.81. The van der Waals surface area contributed by atoms with Crippen molar-refractivity contribution in [2.75, 3.05) is 7.11 Å². The van der Waals surface area contributed by atoms with Gasteiger partial charge in [-0.05, 0) is 18.2 Å². The maximum atomic E-state index is 5.09. The molecule has 0 radical (unpaired) electrons. The van der Waals surface area contributed by atoms with Crippen LogP contribution in [0.4, 0.5) is 0 Å². The third-order valence-electron chi connectivity index (χ3n) is 1.81. The summed E-state index contributed by atoms with van der Waals surface area (Å²) in [5.74, 6) is 0.864. The first kappa shape index (κ1) is 12.0. The number of ether oxygens (including phenoxy) is 1. The average molecular weight is 200 g/mol. The van der Waals surface area contributed by atoms with Crippen LogP contribution in [0.2, 0.25) is 0 Å². The molecule has 3 N–H and O–H groups in total. The number of quaternary nitrogens is 1. The fourth-order valence-electron chi connectivity index (χ4n) is 1.01. The minimum absolute atomic E-state index is 0. The van der Waals surface area contributed by atoms with E-state index in [2.05, 4.69) is 12.3 Å². The van der Waals surface area contributed by atoms with Crippen LogP contribution in [0.3, 0.4) is 0 Å². The van der Waals surface area contributed by atoms with Crippen molar-refractivity contribution in [3.8, 4) is 5.75 Å². The largest absolute Gasteiger partial charge is 1.00 e. The van der Waals surface area contributed by atoms with Gasteiger partial charge in [0.2, 0.25) is 0 Å². The molecule has 13 heavy (non-hydrogen) atoms. The molecule has 0 bridgehead atoms. The van der Waals surface area contributed by atoms with Crippen LogP contribution >= 0.6 is 0 Å². The minimum Gasteiger partial charge on any atom is -1.00 e. The summed E-state index contributed by atoms with van der Waals surface area (Å²) in [6.07, 6.45) is 1.81. The van der Waals surface area contributed by atoms with Crippen molar-refractivity contribution in [2.24, 2.45) is 0 Å². The molecule has 3 heteroatoms. The molecule has 0 fully saturated rings. The molecule has 0 aliphatic carbocycles. The molecule has 0 spiro atoms. The van der Waals surface area contributed by atoms with E-state index in [9.17, 15) is 0 Å². The molecule has 1 atom stereocenters. The van der Waals surface area contributed by atoms with E-state index in [1.807, 2.05) is 30.3 Å². The molecule has 0 saturated carbocycles. The van der Waals surface area contributed by atoms with Crippen LogP contribution in [0, 0.1) is 0 Å². The lowest BCUT2D eigenvalue weighted by molar-refractivity contribution is -0.409. The van der Waals surface area contributed by atoms with Gasteiger partial charge in [-0.25, -0.2) is 0 Å². The lowest BCUT2D eigenvalue weighted by Crippen LogP contribution is -3.00. The minimum atomic E-state index is 0. The van der Waals surface area contributed by atoms with Gasteiger partial charge in [0.1, 0.15) is 11.8 Å². The van der Waals surface area contributed by atoms with Crippen LogP contribution in [0.1, 0.15) is 11.6 Å². The second-order valence-electron chi connectivity index (χ2n) is 2.62. The average Bonchev–Trinajstić information content (AvgIpc) is 2.17. The maximum absolute atomic E-state index is 5.09. The zero-order chi connectivity index (χ0) is 8.97. The van der Waals surface area contributed by atoms with E-state index >= 15 is 0 Å². The van der Waals surface area contributed by atoms with Gasteiger partial charge in [-0.15, -0.1) is 0 Å². The van der Waals surface area contributed by atoms with Crippen LogP contribution < -0.4 is 22.9 Å². The van der Waals surface area contributed by atoms with Crippen molar-refractivity contribution in [3.05, 3.63) is 42.5 Å². The number of methoxy groups -OCH3 is 1. The number of hydrogen-bond acceptors (Lipinski definition) is 1. The van der Waals surface area contributed by atoms with Gasteiger partial charge in [-0.2, -0.15) is 0 Å². The van der Waals surface area contributed by atoms with E-state index in [1.165, 1.54) is 0 Å². The van der Waals surface area contributed by atoms with Crippen LogP contribution in [-0.2, 0) is 0 Å². The Balaban J connectivity index is 0.00000144.